The fourth-order valence-electron chi connectivity index (χ4n) is 4.00. The first-order valence-corrected chi connectivity index (χ1v) is 12.1. The van der Waals surface area contributed by atoms with Crippen molar-refractivity contribution in [1.82, 2.24) is 24.8 Å². The zero-order valence-electron chi connectivity index (χ0n) is 21.3. The number of rotatable bonds is 9. The van der Waals surface area contributed by atoms with Gasteiger partial charge in [-0.15, -0.1) is 0 Å². The van der Waals surface area contributed by atoms with E-state index >= 15 is 0 Å². The summed E-state index contributed by atoms with van der Waals surface area (Å²) in [7, 11) is 0. The van der Waals surface area contributed by atoms with E-state index in [1.165, 1.54) is 11.3 Å². The fraction of sp³-hybridized carbons (Fsp3) is 0.640. The highest BCUT2D eigenvalue weighted by Gasteiger charge is 2.24. The van der Waals surface area contributed by atoms with Gasteiger partial charge in [0, 0.05) is 81.3 Å². The highest BCUT2D eigenvalue weighted by Crippen LogP contribution is 2.22. The van der Waals surface area contributed by atoms with Crippen LogP contribution < -0.4 is 9.80 Å². The molecule has 0 aromatic carbocycles. The smallest absolute Gasteiger partial charge is 0.225 e. The first-order valence-electron chi connectivity index (χ1n) is 12.1. The lowest BCUT2D eigenvalue weighted by Crippen LogP contribution is -2.38. The first-order chi connectivity index (χ1) is 15.6. The number of carbonyl (C=O) groups excluding carboxylic acids is 1. The number of ketones is 1. The molecule has 2 aromatic heterocycles. The monoisotopic (exact) mass is 453 g/mol. The largest absolute Gasteiger partial charge is 0.339 e. The van der Waals surface area contributed by atoms with E-state index in [1.54, 1.807) is 12.4 Å². The third-order valence-electron chi connectivity index (χ3n) is 6.23. The zero-order chi connectivity index (χ0) is 24.2. The zero-order valence-corrected chi connectivity index (χ0v) is 21.3. The maximum Gasteiger partial charge on any atom is 0.225 e. The van der Waals surface area contributed by atoms with Gasteiger partial charge in [-0.3, -0.25) is 9.69 Å². The van der Waals surface area contributed by atoms with E-state index < -0.39 is 5.41 Å². The summed E-state index contributed by atoms with van der Waals surface area (Å²) in [6.07, 6.45) is 6.25. The van der Waals surface area contributed by atoms with E-state index in [9.17, 15) is 4.79 Å². The molecule has 0 spiro atoms. The van der Waals surface area contributed by atoms with Gasteiger partial charge in [0.1, 0.15) is 0 Å². The van der Waals surface area contributed by atoms with Crippen molar-refractivity contribution < 1.29 is 4.79 Å². The molecule has 0 aliphatic carbocycles. The molecule has 0 radical (unpaired) electrons. The SMILES string of the molecule is CCN(CCN(CC)c1ncc2c(n1)CCN(C(C)C)C2)c1ncc(C(=O)C(C)(C)C)cn1. The molecule has 0 bridgehead atoms. The van der Waals surface area contributed by atoms with Crippen LogP contribution in [-0.4, -0.2) is 69.4 Å². The van der Waals surface area contributed by atoms with Crippen molar-refractivity contribution in [1.29, 1.82) is 0 Å². The minimum Gasteiger partial charge on any atom is -0.339 e. The summed E-state index contributed by atoms with van der Waals surface area (Å²) in [5.41, 5.74) is 2.52. The third-order valence-corrected chi connectivity index (χ3v) is 6.23. The lowest BCUT2D eigenvalue weighted by atomic mass is 9.88. The Bertz CT molecular complexity index is 937. The number of hydrogen-bond donors (Lipinski definition) is 0. The summed E-state index contributed by atoms with van der Waals surface area (Å²) >= 11 is 0. The van der Waals surface area contributed by atoms with Crippen LogP contribution in [0.4, 0.5) is 11.9 Å². The van der Waals surface area contributed by atoms with Gasteiger partial charge in [0.05, 0.1) is 11.3 Å². The Morgan fingerprint density at radius 3 is 2.12 bits per heavy atom. The van der Waals surface area contributed by atoms with Crippen molar-refractivity contribution in [3.8, 4) is 0 Å². The molecule has 0 fully saturated rings. The maximum absolute atomic E-state index is 12.5. The Labute approximate surface area is 198 Å². The second-order valence-electron chi connectivity index (χ2n) is 9.97. The van der Waals surface area contributed by atoms with Gasteiger partial charge >= 0.3 is 0 Å². The van der Waals surface area contributed by atoms with Crippen LogP contribution in [0.25, 0.3) is 0 Å². The topological polar surface area (TPSA) is 78.4 Å². The quantitative estimate of drug-likeness (QED) is 0.533. The second kappa shape index (κ2) is 10.5. The number of carbonyl (C=O) groups is 1. The summed E-state index contributed by atoms with van der Waals surface area (Å²) in [6, 6.07) is 0.535. The molecule has 1 aliphatic rings. The molecule has 1 aliphatic heterocycles. The number of nitrogens with zero attached hydrogens (tertiary/aromatic N) is 7. The molecule has 8 heteroatoms. The Hall–Kier alpha value is -2.61. The molecule has 2 aromatic rings. The molecule has 3 rings (SSSR count). The Morgan fingerprint density at radius 1 is 1.00 bits per heavy atom. The van der Waals surface area contributed by atoms with Crippen LogP contribution in [0.5, 0.6) is 0 Å². The molecule has 3 heterocycles. The van der Waals surface area contributed by atoms with Gasteiger partial charge in [0.15, 0.2) is 5.78 Å². The van der Waals surface area contributed by atoms with Crippen LogP contribution in [0.3, 0.4) is 0 Å². The van der Waals surface area contributed by atoms with Gasteiger partial charge in [-0.25, -0.2) is 19.9 Å². The van der Waals surface area contributed by atoms with E-state index in [1.807, 2.05) is 27.0 Å². The van der Waals surface area contributed by atoms with Crippen molar-refractivity contribution in [2.75, 3.05) is 42.5 Å². The van der Waals surface area contributed by atoms with Gasteiger partial charge in [-0.1, -0.05) is 20.8 Å². The van der Waals surface area contributed by atoms with Gasteiger partial charge < -0.3 is 9.80 Å². The predicted octanol–water partition coefficient (Wildman–Crippen LogP) is 3.61. The molecule has 0 unspecified atom stereocenters. The maximum atomic E-state index is 12.5. The van der Waals surface area contributed by atoms with Crippen molar-refractivity contribution in [3.63, 3.8) is 0 Å². The van der Waals surface area contributed by atoms with Crippen LogP contribution in [0.2, 0.25) is 0 Å². The number of fused-ring (bicyclic) bond motifs is 1. The summed E-state index contributed by atoms with van der Waals surface area (Å²) in [4.78, 5) is 37.8. The summed E-state index contributed by atoms with van der Waals surface area (Å²) in [5, 5.41) is 0. The minimum atomic E-state index is -0.446. The van der Waals surface area contributed by atoms with Crippen LogP contribution in [0.15, 0.2) is 18.6 Å². The average Bonchev–Trinajstić information content (AvgIpc) is 2.80. The molecule has 0 N–H and O–H groups in total. The van der Waals surface area contributed by atoms with Gasteiger partial charge in [-0.05, 0) is 27.7 Å². The molecular formula is C25H39N7O. The van der Waals surface area contributed by atoms with E-state index in [0.717, 1.165) is 51.6 Å². The molecule has 180 valence electrons. The molecule has 0 saturated carbocycles. The average molecular weight is 454 g/mol. The molecular weight excluding hydrogens is 414 g/mol. The van der Waals surface area contributed by atoms with E-state index in [0.29, 0.717) is 17.6 Å². The molecule has 8 nitrogen and oxygen atoms in total. The van der Waals surface area contributed by atoms with Crippen LogP contribution in [-0.2, 0) is 13.0 Å². The second-order valence-corrected chi connectivity index (χ2v) is 9.97. The first kappa shape index (κ1) is 25.0. The number of anilines is 2. The van der Waals surface area contributed by atoms with Crippen LogP contribution in [0, 0.1) is 5.41 Å². The Kier molecular flexibility index (Phi) is 8.00. The molecule has 0 saturated heterocycles. The number of aromatic nitrogens is 4. The van der Waals surface area contributed by atoms with E-state index in [2.05, 4.69) is 57.3 Å². The van der Waals surface area contributed by atoms with Crippen molar-refractivity contribution in [2.45, 2.75) is 67.5 Å². The van der Waals surface area contributed by atoms with Crippen molar-refractivity contribution >= 4 is 17.7 Å². The van der Waals surface area contributed by atoms with Crippen molar-refractivity contribution in [2.24, 2.45) is 5.41 Å². The lowest BCUT2D eigenvalue weighted by Gasteiger charge is -2.32. The molecule has 0 amide bonds. The number of likely N-dealkylation sites (N-methyl/N-ethyl adjacent to an activating group) is 2. The van der Waals surface area contributed by atoms with Crippen LogP contribution >= 0.6 is 0 Å². The fourth-order valence-corrected chi connectivity index (χ4v) is 4.00. The number of hydrogen-bond acceptors (Lipinski definition) is 8. The lowest BCUT2D eigenvalue weighted by molar-refractivity contribution is 0.0857. The van der Waals surface area contributed by atoms with E-state index in [4.69, 9.17) is 4.98 Å². The molecule has 33 heavy (non-hydrogen) atoms. The van der Waals surface area contributed by atoms with Crippen LogP contribution in [0.1, 0.15) is 70.1 Å². The molecule has 0 atom stereocenters. The van der Waals surface area contributed by atoms with E-state index in [-0.39, 0.29) is 5.78 Å². The normalized spacial score (nSPS) is 14.3. The van der Waals surface area contributed by atoms with Gasteiger partial charge in [0.25, 0.3) is 0 Å². The highest BCUT2D eigenvalue weighted by molar-refractivity contribution is 5.99. The Balaban J connectivity index is 1.66. The summed E-state index contributed by atoms with van der Waals surface area (Å²) in [5.74, 6) is 1.48. The highest BCUT2D eigenvalue weighted by atomic mass is 16.1. The predicted molar refractivity (Wildman–Crippen MR) is 133 cm³/mol. The van der Waals surface area contributed by atoms with Gasteiger partial charge in [-0.2, -0.15) is 0 Å². The summed E-state index contributed by atoms with van der Waals surface area (Å²) < 4.78 is 0. The van der Waals surface area contributed by atoms with Crippen molar-refractivity contribution in [3.05, 3.63) is 35.4 Å². The number of Topliss-reactive ketones (excluding diaryl/α,β-unsaturated/α-hetero) is 1. The Morgan fingerprint density at radius 2 is 1.58 bits per heavy atom. The summed E-state index contributed by atoms with van der Waals surface area (Å²) in [6.45, 7) is 19.5. The third kappa shape index (κ3) is 6.05. The minimum absolute atomic E-state index is 0.0512. The van der Waals surface area contributed by atoms with Gasteiger partial charge in [0.2, 0.25) is 11.9 Å². The standard InChI is InChI=1S/C25H39N7O/c1-8-30(23-26-14-19(15-27-23)22(33)25(5,6)7)12-13-31(9-2)24-28-16-20-17-32(18(3)4)11-10-21(20)29-24/h14-16,18H,8-13,17H2,1-7H3.